The number of rotatable bonds is 2. The summed E-state index contributed by atoms with van der Waals surface area (Å²) in [6, 6.07) is 5.42. The number of hydrogen-bond acceptors (Lipinski definition) is 3. The number of nitrogens with zero attached hydrogens (tertiary/aromatic N) is 1. The molecule has 4 nitrogen and oxygen atoms in total. The Hall–Kier alpha value is -1.26. The molecule has 106 valence electrons. The Morgan fingerprint density at radius 3 is 2.85 bits per heavy atom. The molecule has 1 N–H and O–H groups in total. The molecule has 20 heavy (non-hydrogen) atoms. The molecule has 1 aromatic rings. The second-order valence-electron chi connectivity index (χ2n) is 6.13. The molecule has 4 rings (SSSR count). The summed E-state index contributed by atoms with van der Waals surface area (Å²) in [6.07, 6.45) is 2.27. The van der Waals surface area contributed by atoms with Crippen molar-refractivity contribution in [2.45, 2.75) is 31.0 Å². The Kier molecular flexibility index (Phi) is 2.57. The van der Waals surface area contributed by atoms with Gasteiger partial charge in [-0.1, -0.05) is 11.6 Å². The number of fused-ring (bicyclic) bond motifs is 1. The molecule has 1 atom stereocenters. The van der Waals surface area contributed by atoms with Crippen molar-refractivity contribution in [2.24, 2.45) is 5.92 Å². The number of halogens is 1. The van der Waals surface area contributed by atoms with Crippen LogP contribution in [0.4, 0.5) is 0 Å². The minimum Gasteiger partial charge on any atom is -0.480 e. The fourth-order valence-corrected chi connectivity index (χ4v) is 3.40. The van der Waals surface area contributed by atoms with Crippen LogP contribution in [0.3, 0.4) is 0 Å². The second kappa shape index (κ2) is 4.12. The molecule has 0 aromatic heterocycles. The third kappa shape index (κ3) is 1.90. The van der Waals surface area contributed by atoms with Crippen LogP contribution in [0.2, 0.25) is 5.02 Å². The number of carbonyl (C=O) groups excluding carboxylic acids is 1. The highest BCUT2D eigenvalue weighted by Gasteiger charge is 2.54. The zero-order valence-corrected chi connectivity index (χ0v) is 11.8. The fourth-order valence-electron chi connectivity index (χ4n) is 3.21. The molecule has 0 bridgehead atoms. The normalized spacial score (nSPS) is 26.7. The number of ether oxygens (including phenoxy) is 1. The summed E-state index contributed by atoms with van der Waals surface area (Å²) in [4.78, 5) is 14.1. The summed E-state index contributed by atoms with van der Waals surface area (Å²) >= 11 is 5.95. The molecule has 0 radical (unpaired) electrons. The lowest BCUT2D eigenvalue weighted by Gasteiger charge is -2.47. The third-order valence-electron chi connectivity index (χ3n) is 4.55. The zero-order chi connectivity index (χ0) is 13.9. The van der Waals surface area contributed by atoms with E-state index in [2.05, 4.69) is 0 Å². The Morgan fingerprint density at radius 2 is 2.15 bits per heavy atom. The predicted molar refractivity (Wildman–Crippen MR) is 73.8 cm³/mol. The molecule has 1 amide bonds. The van der Waals surface area contributed by atoms with E-state index in [4.69, 9.17) is 16.3 Å². The van der Waals surface area contributed by atoms with Gasteiger partial charge in [0.15, 0.2) is 6.10 Å². The molecular weight excluding hydrogens is 278 g/mol. The lowest BCUT2D eigenvalue weighted by molar-refractivity contribution is -0.165. The van der Waals surface area contributed by atoms with Gasteiger partial charge >= 0.3 is 0 Å². The van der Waals surface area contributed by atoms with Crippen LogP contribution in [0, 0.1) is 5.92 Å². The van der Waals surface area contributed by atoms with Gasteiger partial charge in [-0.3, -0.25) is 4.79 Å². The van der Waals surface area contributed by atoms with E-state index < -0.39 is 11.7 Å². The van der Waals surface area contributed by atoms with Crippen LogP contribution in [0.25, 0.3) is 0 Å². The maximum atomic E-state index is 12.4. The summed E-state index contributed by atoms with van der Waals surface area (Å²) in [7, 11) is 0. The zero-order valence-electron chi connectivity index (χ0n) is 11.0. The lowest BCUT2D eigenvalue weighted by atomic mass is 9.88. The number of carbonyl (C=O) groups is 1. The molecule has 0 spiro atoms. The van der Waals surface area contributed by atoms with Gasteiger partial charge in [0.05, 0.1) is 13.1 Å². The van der Waals surface area contributed by atoms with E-state index in [9.17, 15) is 9.90 Å². The van der Waals surface area contributed by atoms with Gasteiger partial charge in [0.1, 0.15) is 11.4 Å². The second-order valence-corrected chi connectivity index (χ2v) is 6.57. The highest BCUT2D eigenvalue weighted by molar-refractivity contribution is 6.30. The molecule has 1 unspecified atom stereocenters. The SMILES string of the molecule is O=C(C1Cc2cc(Cl)ccc2O1)N1CC(O)(C2CC2)C1. The Labute approximate surface area is 122 Å². The molecule has 1 saturated heterocycles. The van der Waals surface area contributed by atoms with Crippen LogP contribution < -0.4 is 4.74 Å². The maximum Gasteiger partial charge on any atom is 0.264 e. The summed E-state index contributed by atoms with van der Waals surface area (Å²) in [5, 5.41) is 10.9. The van der Waals surface area contributed by atoms with Crippen molar-refractivity contribution in [3.63, 3.8) is 0 Å². The van der Waals surface area contributed by atoms with Crippen molar-refractivity contribution in [2.75, 3.05) is 13.1 Å². The Bertz CT molecular complexity index is 578. The van der Waals surface area contributed by atoms with E-state index in [-0.39, 0.29) is 5.91 Å². The highest BCUT2D eigenvalue weighted by Crippen LogP contribution is 2.45. The van der Waals surface area contributed by atoms with Crippen LogP contribution in [-0.4, -0.2) is 40.7 Å². The van der Waals surface area contributed by atoms with Gasteiger partial charge in [0, 0.05) is 11.4 Å². The Balaban J connectivity index is 1.42. The van der Waals surface area contributed by atoms with E-state index in [0.717, 1.165) is 24.2 Å². The van der Waals surface area contributed by atoms with Crippen LogP contribution in [-0.2, 0) is 11.2 Å². The highest BCUT2D eigenvalue weighted by atomic mass is 35.5. The van der Waals surface area contributed by atoms with E-state index in [1.807, 2.05) is 12.1 Å². The summed E-state index contributed by atoms with van der Waals surface area (Å²) in [5.74, 6) is 1.11. The van der Waals surface area contributed by atoms with Gasteiger partial charge < -0.3 is 14.7 Å². The number of aliphatic hydroxyl groups is 1. The standard InChI is InChI=1S/C15H16ClNO3/c16-11-3-4-12-9(5-11)6-13(20-12)14(18)17-7-15(19,8-17)10-1-2-10/h3-5,10,13,19H,1-2,6-8H2. The average molecular weight is 294 g/mol. The van der Waals surface area contributed by atoms with Crippen molar-refractivity contribution in [1.82, 2.24) is 4.90 Å². The van der Waals surface area contributed by atoms with Crippen molar-refractivity contribution in [1.29, 1.82) is 0 Å². The Morgan fingerprint density at radius 1 is 1.40 bits per heavy atom. The van der Waals surface area contributed by atoms with Crippen molar-refractivity contribution >= 4 is 17.5 Å². The van der Waals surface area contributed by atoms with Gasteiger partial charge in [-0.15, -0.1) is 0 Å². The molecule has 2 heterocycles. The molecule has 1 saturated carbocycles. The van der Waals surface area contributed by atoms with Gasteiger partial charge in [-0.2, -0.15) is 0 Å². The summed E-state index contributed by atoms with van der Waals surface area (Å²) in [5.41, 5.74) is 0.346. The number of β-amino-alcohol motifs (C(OH)–C–C–N with tert-alkyl or cyclic N) is 1. The molecular formula is C15H16ClNO3. The van der Waals surface area contributed by atoms with Crippen molar-refractivity contribution in [3.8, 4) is 5.75 Å². The van der Waals surface area contributed by atoms with Crippen LogP contribution >= 0.6 is 11.6 Å². The first-order valence-corrected chi connectivity index (χ1v) is 7.39. The van der Waals surface area contributed by atoms with Crippen molar-refractivity contribution < 1.29 is 14.6 Å². The first kappa shape index (κ1) is 12.5. The van der Waals surface area contributed by atoms with Gasteiger partial charge in [0.25, 0.3) is 5.91 Å². The number of likely N-dealkylation sites (tertiary alicyclic amines) is 1. The summed E-state index contributed by atoms with van der Waals surface area (Å²) in [6.45, 7) is 0.904. The fraction of sp³-hybridized carbons (Fsp3) is 0.533. The van der Waals surface area contributed by atoms with Crippen LogP contribution in [0.15, 0.2) is 18.2 Å². The smallest absolute Gasteiger partial charge is 0.264 e. The first-order chi connectivity index (χ1) is 9.55. The monoisotopic (exact) mass is 293 g/mol. The lowest BCUT2D eigenvalue weighted by Crippen LogP contribution is -2.66. The minimum atomic E-state index is -0.635. The van der Waals surface area contributed by atoms with Crippen molar-refractivity contribution in [3.05, 3.63) is 28.8 Å². The number of benzene rings is 1. The van der Waals surface area contributed by atoms with Gasteiger partial charge in [-0.05, 0) is 42.5 Å². The van der Waals surface area contributed by atoms with Crippen LogP contribution in [0.1, 0.15) is 18.4 Å². The van der Waals surface area contributed by atoms with E-state index in [1.165, 1.54) is 0 Å². The topological polar surface area (TPSA) is 49.8 Å². The van der Waals surface area contributed by atoms with Gasteiger partial charge in [0.2, 0.25) is 0 Å². The number of amides is 1. The van der Waals surface area contributed by atoms with Gasteiger partial charge in [-0.25, -0.2) is 0 Å². The van der Waals surface area contributed by atoms with E-state index in [0.29, 0.717) is 30.5 Å². The molecule has 2 fully saturated rings. The molecule has 5 heteroatoms. The number of hydrogen-bond donors (Lipinski definition) is 1. The molecule has 3 aliphatic rings. The summed E-state index contributed by atoms with van der Waals surface area (Å²) < 4.78 is 5.69. The molecule has 1 aromatic carbocycles. The third-order valence-corrected chi connectivity index (χ3v) is 4.79. The van der Waals surface area contributed by atoms with Crippen LogP contribution in [0.5, 0.6) is 5.75 Å². The average Bonchev–Trinajstić information content (AvgIpc) is 3.15. The largest absolute Gasteiger partial charge is 0.480 e. The maximum absolute atomic E-state index is 12.4. The quantitative estimate of drug-likeness (QED) is 0.901. The van der Waals surface area contributed by atoms with E-state index in [1.54, 1.807) is 11.0 Å². The molecule has 2 aliphatic heterocycles. The van der Waals surface area contributed by atoms with E-state index >= 15 is 0 Å². The molecule has 1 aliphatic carbocycles. The predicted octanol–water partition coefficient (Wildman–Crippen LogP) is 1.63. The first-order valence-electron chi connectivity index (χ1n) is 7.01. The minimum absolute atomic E-state index is 0.0253.